The maximum Gasteiger partial charge on any atom is 0.242 e. The fourth-order valence-electron chi connectivity index (χ4n) is 2.66. The van der Waals surface area contributed by atoms with Crippen LogP contribution < -0.4 is 5.32 Å². The van der Waals surface area contributed by atoms with Crippen LogP contribution in [0.2, 0.25) is 0 Å². The molecule has 1 aliphatic carbocycles. The monoisotopic (exact) mass is 282 g/mol. The maximum atomic E-state index is 6.21. The van der Waals surface area contributed by atoms with Gasteiger partial charge >= 0.3 is 0 Å². The number of aromatic nitrogens is 3. The average molecular weight is 283 g/mol. The Morgan fingerprint density at radius 3 is 2.63 bits per heavy atom. The van der Waals surface area contributed by atoms with Gasteiger partial charge in [0.15, 0.2) is 0 Å². The second-order valence-electron chi connectivity index (χ2n) is 5.25. The molecule has 2 rings (SSSR count). The molecule has 2 atom stereocenters. The van der Waals surface area contributed by atoms with Gasteiger partial charge in [0.2, 0.25) is 5.95 Å². The number of hydrogen-bond donors (Lipinski definition) is 1. The molecule has 5 heteroatoms. The van der Waals surface area contributed by atoms with Crippen LogP contribution in [0.25, 0.3) is 0 Å². The first-order chi connectivity index (χ1) is 9.22. The summed E-state index contributed by atoms with van der Waals surface area (Å²) < 4.78 is 0. The number of rotatable bonds is 5. The van der Waals surface area contributed by atoms with Gasteiger partial charge < -0.3 is 5.32 Å². The Bertz CT molecular complexity index is 410. The zero-order chi connectivity index (χ0) is 13.7. The van der Waals surface area contributed by atoms with Crippen molar-refractivity contribution in [2.45, 2.75) is 57.7 Å². The molecule has 1 aromatic rings. The highest BCUT2D eigenvalue weighted by Crippen LogP contribution is 2.27. The Hall–Kier alpha value is -0.900. The van der Waals surface area contributed by atoms with Crippen LogP contribution in [-0.2, 0) is 12.8 Å². The van der Waals surface area contributed by atoms with Crippen molar-refractivity contribution in [2.24, 2.45) is 5.92 Å². The van der Waals surface area contributed by atoms with E-state index in [1.165, 1.54) is 12.8 Å². The number of halogens is 1. The van der Waals surface area contributed by atoms with Gasteiger partial charge in [0.05, 0.1) is 11.4 Å². The summed E-state index contributed by atoms with van der Waals surface area (Å²) in [7, 11) is 0. The SMILES string of the molecule is CCc1nnc(NCC2CCCC(Cl)C2)nc1CC. The minimum absolute atomic E-state index is 0.341. The van der Waals surface area contributed by atoms with E-state index in [2.05, 4.69) is 34.3 Å². The van der Waals surface area contributed by atoms with Crippen molar-refractivity contribution in [3.8, 4) is 0 Å². The lowest BCUT2D eigenvalue weighted by atomic mass is 9.89. The molecule has 1 saturated carbocycles. The largest absolute Gasteiger partial charge is 0.353 e. The zero-order valence-corrected chi connectivity index (χ0v) is 12.6. The zero-order valence-electron chi connectivity index (χ0n) is 11.8. The first-order valence-corrected chi connectivity index (χ1v) is 7.77. The molecule has 1 N–H and O–H groups in total. The van der Waals surface area contributed by atoms with Crippen molar-refractivity contribution in [3.63, 3.8) is 0 Å². The predicted molar refractivity (Wildman–Crippen MR) is 78.7 cm³/mol. The highest BCUT2D eigenvalue weighted by molar-refractivity contribution is 6.20. The minimum Gasteiger partial charge on any atom is -0.353 e. The predicted octanol–water partition coefficient (Wildman–Crippen LogP) is 3.21. The third kappa shape index (κ3) is 4.03. The van der Waals surface area contributed by atoms with E-state index in [0.717, 1.165) is 43.6 Å². The van der Waals surface area contributed by atoms with Gasteiger partial charge in [-0.1, -0.05) is 20.3 Å². The highest BCUT2D eigenvalue weighted by Gasteiger charge is 2.20. The van der Waals surface area contributed by atoms with Gasteiger partial charge in [0, 0.05) is 11.9 Å². The summed E-state index contributed by atoms with van der Waals surface area (Å²) in [5.41, 5.74) is 2.06. The molecular weight excluding hydrogens is 260 g/mol. The Labute approximate surface area is 120 Å². The van der Waals surface area contributed by atoms with Gasteiger partial charge in [-0.15, -0.1) is 16.7 Å². The van der Waals surface area contributed by atoms with Crippen molar-refractivity contribution in [3.05, 3.63) is 11.4 Å². The fourth-order valence-corrected chi connectivity index (χ4v) is 3.07. The van der Waals surface area contributed by atoms with E-state index in [0.29, 0.717) is 17.2 Å². The number of nitrogens with zero attached hydrogens (tertiary/aromatic N) is 3. The van der Waals surface area contributed by atoms with Crippen molar-refractivity contribution in [1.82, 2.24) is 15.2 Å². The van der Waals surface area contributed by atoms with Gasteiger partial charge in [-0.05, 0) is 38.0 Å². The van der Waals surface area contributed by atoms with Crippen LogP contribution in [0.1, 0.15) is 50.9 Å². The number of aryl methyl sites for hydroxylation is 2. The van der Waals surface area contributed by atoms with Crippen molar-refractivity contribution in [2.75, 3.05) is 11.9 Å². The highest BCUT2D eigenvalue weighted by atomic mass is 35.5. The number of nitrogens with one attached hydrogen (secondary N) is 1. The quantitative estimate of drug-likeness (QED) is 0.843. The van der Waals surface area contributed by atoms with Gasteiger partial charge in [0.1, 0.15) is 0 Å². The summed E-state index contributed by atoms with van der Waals surface area (Å²) in [5, 5.41) is 12.1. The van der Waals surface area contributed by atoms with E-state index in [1.54, 1.807) is 0 Å². The summed E-state index contributed by atoms with van der Waals surface area (Å²) >= 11 is 6.21. The lowest BCUT2D eigenvalue weighted by Gasteiger charge is -2.25. The van der Waals surface area contributed by atoms with Gasteiger partial charge in [-0.25, -0.2) is 4.98 Å². The van der Waals surface area contributed by atoms with E-state index < -0.39 is 0 Å². The lowest BCUT2D eigenvalue weighted by molar-refractivity contribution is 0.378. The van der Waals surface area contributed by atoms with E-state index in [9.17, 15) is 0 Å². The molecule has 1 aliphatic rings. The molecular formula is C14H23ClN4. The Morgan fingerprint density at radius 2 is 1.95 bits per heavy atom. The minimum atomic E-state index is 0.341. The molecule has 2 unspecified atom stereocenters. The van der Waals surface area contributed by atoms with Crippen LogP contribution in [0, 0.1) is 5.92 Å². The Balaban J connectivity index is 1.92. The fraction of sp³-hybridized carbons (Fsp3) is 0.786. The third-order valence-electron chi connectivity index (χ3n) is 3.78. The van der Waals surface area contributed by atoms with Crippen LogP contribution in [0.15, 0.2) is 0 Å². The lowest BCUT2D eigenvalue weighted by Crippen LogP contribution is -2.23. The summed E-state index contributed by atoms with van der Waals surface area (Å²) in [5.74, 6) is 1.29. The molecule has 1 aromatic heterocycles. The molecule has 0 aromatic carbocycles. The Morgan fingerprint density at radius 1 is 1.16 bits per heavy atom. The first-order valence-electron chi connectivity index (χ1n) is 7.33. The van der Waals surface area contributed by atoms with E-state index in [1.807, 2.05) is 0 Å². The summed E-state index contributed by atoms with van der Waals surface area (Å²) in [6.45, 7) is 5.09. The first kappa shape index (κ1) is 14.5. The molecule has 1 fully saturated rings. The van der Waals surface area contributed by atoms with Crippen LogP contribution in [0.4, 0.5) is 5.95 Å². The summed E-state index contributed by atoms with van der Waals surface area (Å²) in [4.78, 5) is 4.55. The molecule has 0 radical (unpaired) electrons. The molecule has 0 spiro atoms. The van der Waals surface area contributed by atoms with Crippen LogP contribution in [0.5, 0.6) is 0 Å². The van der Waals surface area contributed by atoms with Crippen LogP contribution in [0.3, 0.4) is 0 Å². The number of hydrogen-bond acceptors (Lipinski definition) is 4. The molecule has 0 amide bonds. The number of alkyl halides is 1. The summed E-state index contributed by atoms with van der Waals surface area (Å²) in [6.07, 6.45) is 6.52. The van der Waals surface area contributed by atoms with Crippen molar-refractivity contribution in [1.29, 1.82) is 0 Å². The molecule has 106 valence electrons. The third-order valence-corrected chi connectivity index (χ3v) is 4.17. The molecule has 4 nitrogen and oxygen atoms in total. The maximum absolute atomic E-state index is 6.21. The summed E-state index contributed by atoms with van der Waals surface area (Å²) in [6, 6.07) is 0. The van der Waals surface area contributed by atoms with E-state index >= 15 is 0 Å². The van der Waals surface area contributed by atoms with E-state index in [-0.39, 0.29) is 0 Å². The van der Waals surface area contributed by atoms with E-state index in [4.69, 9.17) is 11.6 Å². The smallest absolute Gasteiger partial charge is 0.242 e. The number of anilines is 1. The molecule has 1 heterocycles. The molecule has 0 aliphatic heterocycles. The molecule has 0 bridgehead atoms. The molecule has 0 saturated heterocycles. The Kier molecular flexibility index (Phi) is 5.37. The second kappa shape index (κ2) is 7.04. The van der Waals surface area contributed by atoms with Gasteiger partial charge in [-0.2, -0.15) is 5.10 Å². The molecule has 19 heavy (non-hydrogen) atoms. The van der Waals surface area contributed by atoms with Crippen molar-refractivity contribution >= 4 is 17.5 Å². The van der Waals surface area contributed by atoms with Gasteiger partial charge in [0.25, 0.3) is 0 Å². The normalized spacial score (nSPS) is 23.3. The van der Waals surface area contributed by atoms with Crippen molar-refractivity contribution < 1.29 is 0 Å². The second-order valence-corrected chi connectivity index (χ2v) is 5.86. The standard InChI is InChI=1S/C14H23ClN4/c1-3-12-13(4-2)18-19-14(17-12)16-9-10-6-5-7-11(15)8-10/h10-11H,3-9H2,1-2H3,(H,16,17,19). The van der Waals surface area contributed by atoms with Crippen LogP contribution >= 0.6 is 11.6 Å². The van der Waals surface area contributed by atoms with Crippen LogP contribution in [-0.4, -0.2) is 27.1 Å². The average Bonchev–Trinajstić information content (AvgIpc) is 2.45. The van der Waals surface area contributed by atoms with Gasteiger partial charge in [-0.3, -0.25) is 0 Å². The topological polar surface area (TPSA) is 50.7 Å².